The summed E-state index contributed by atoms with van der Waals surface area (Å²) in [6.07, 6.45) is 1.95. The molecular weight excluding hydrogens is 398 g/mol. The van der Waals surface area contributed by atoms with Crippen LogP contribution in [-0.4, -0.2) is 38.0 Å². The Kier molecular flexibility index (Phi) is 5.79. The maximum absolute atomic E-state index is 12.6. The van der Waals surface area contributed by atoms with Crippen molar-refractivity contribution < 1.29 is 23.9 Å². The zero-order chi connectivity index (χ0) is 22.0. The molecule has 0 fully saturated rings. The van der Waals surface area contributed by atoms with E-state index in [1.54, 1.807) is 38.5 Å². The normalized spacial score (nSPS) is 19.4. The average molecular weight is 423 g/mol. The van der Waals surface area contributed by atoms with Crippen molar-refractivity contribution in [3.05, 3.63) is 53.1 Å². The molecule has 162 valence electrons. The van der Waals surface area contributed by atoms with Gasteiger partial charge in [0.15, 0.2) is 11.5 Å². The summed E-state index contributed by atoms with van der Waals surface area (Å²) in [6, 6.07) is 9.79. The first-order chi connectivity index (χ1) is 15.0. The molecule has 2 atom stereocenters. The number of anilines is 1. The highest BCUT2D eigenvalue weighted by Crippen LogP contribution is 2.39. The lowest BCUT2D eigenvalue weighted by atomic mass is 10.1. The summed E-state index contributed by atoms with van der Waals surface area (Å²) >= 11 is 0. The first kappa shape index (κ1) is 20.7. The van der Waals surface area contributed by atoms with E-state index in [0.717, 1.165) is 24.0 Å². The zero-order valence-corrected chi connectivity index (χ0v) is 17.5. The smallest absolute Gasteiger partial charge is 0.254 e. The van der Waals surface area contributed by atoms with Gasteiger partial charge >= 0.3 is 0 Å². The van der Waals surface area contributed by atoms with E-state index in [4.69, 9.17) is 9.47 Å². The number of hydrogen-bond acceptors (Lipinski definition) is 5. The predicted octanol–water partition coefficient (Wildman–Crippen LogP) is 2.34. The molecule has 1 aliphatic heterocycles. The minimum absolute atomic E-state index is 0.119. The van der Waals surface area contributed by atoms with Gasteiger partial charge in [0, 0.05) is 6.42 Å². The van der Waals surface area contributed by atoms with Gasteiger partial charge in [-0.15, -0.1) is 0 Å². The van der Waals surface area contributed by atoms with E-state index in [1.165, 1.54) is 0 Å². The summed E-state index contributed by atoms with van der Waals surface area (Å²) < 4.78 is 10.7. The Morgan fingerprint density at radius 2 is 1.87 bits per heavy atom. The number of para-hydroxylation sites is 1. The van der Waals surface area contributed by atoms with Crippen molar-refractivity contribution in [1.29, 1.82) is 0 Å². The van der Waals surface area contributed by atoms with E-state index in [2.05, 4.69) is 16.0 Å². The first-order valence-electron chi connectivity index (χ1n) is 10.2. The summed E-state index contributed by atoms with van der Waals surface area (Å²) in [7, 11) is 3.18. The molecule has 4 rings (SSSR count). The Labute approximate surface area is 180 Å². The fourth-order valence-electron chi connectivity index (χ4n) is 4.14. The van der Waals surface area contributed by atoms with E-state index < -0.39 is 6.04 Å². The molecule has 2 aromatic carbocycles. The van der Waals surface area contributed by atoms with Crippen LogP contribution in [-0.2, 0) is 16.0 Å². The van der Waals surface area contributed by atoms with Crippen molar-refractivity contribution in [2.45, 2.75) is 37.8 Å². The van der Waals surface area contributed by atoms with Gasteiger partial charge in [0.2, 0.25) is 11.8 Å². The molecule has 0 saturated carbocycles. The minimum atomic E-state index is -0.772. The lowest BCUT2D eigenvalue weighted by Gasteiger charge is -2.18. The summed E-state index contributed by atoms with van der Waals surface area (Å²) in [6.45, 7) is 0. The number of fused-ring (bicyclic) bond motifs is 2. The van der Waals surface area contributed by atoms with Crippen molar-refractivity contribution in [3.63, 3.8) is 0 Å². The SMILES string of the molecule is COc1cc2c(cc1OC)C(NC(=O)CC[C@@H]1NC(=O)c3ccccc3NC1=O)CC2. The minimum Gasteiger partial charge on any atom is -0.493 e. The van der Waals surface area contributed by atoms with Crippen molar-refractivity contribution in [1.82, 2.24) is 10.6 Å². The van der Waals surface area contributed by atoms with E-state index in [-0.39, 0.29) is 36.6 Å². The van der Waals surface area contributed by atoms with Crippen LogP contribution >= 0.6 is 0 Å². The largest absolute Gasteiger partial charge is 0.493 e. The van der Waals surface area contributed by atoms with Gasteiger partial charge < -0.3 is 25.4 Å². The van der Waals surface area contributed by atoms with Gasteiger partial charge in [0.25, 0.3) is 5.91 Å². The summed E-state index contributed by atoms with van der Waals surface area (Å²) in [5.41, 5.74) is 3.02. The van der Waals surface area contributed by atoms with Crippen LogP contribution in [0.25, 0.3) is 0 Å². The summed E-state index contributed by atoms with van der Waals surface area (Å²) in [4.78, 5) is 37.5. The topological polar surface area (TPSA) is 106 Å². The summed E-state index contributed by atoms with van der Waals surface area (Å²) in [5, 5.41) is 8.51. The molecule has 1 aliphatic carbocycles. The first-order valence-corrected chi connectivity index (χ1v) is 10.2. The van der Waals surface area contributed by atoms with Gasteiger partial charge in [-0.25, -0.2) is 0 Å². The van der Waals surface area contributed by atoms with E-state index in [9.17, 15) is 14.4 Å². The van der Waals surface area contributed by atoms with Crippen LogP contribution in [0.2, 0.25) is 0 Å². The Morgan fingerprint density at radius 3 is 2.65 bits per heavy atom. The Hall–Kier alpha value is -3.55. The second kappa shape index (κ2) is 8.67. The quantitative estimate of drug-likeness (QED) is 0.661. The number of carbonyl (C=O) groups is 3. The second-order valence-corrected chi connectivity index (χ2v) is 7.66. The van der Waals surface area contributed by atoms with Crippen LogP contribution in [0, 0.1) is 0 Å². The highest BCUT2D eigenvalue weighted by molar-refractivity contribution is 6.09. The van der Waals surface area contributed by atoms with Crippen molar-refractivity contribution >= 4 is 23.4 Å². The highest BCUT2D eigenvalue weighted by atomic mass is 16.5. The number of benzene rings is 2. The maximum atomic E-state index is 12.6. The number of nitrogens with one attached hydrogen (secondary N) is 3. The number of methoxy groups -OCH3 is 2. The van der Waals surface area contributed by atoms with Gasteiger partial charge in [-0.2, -0.15) is 0 Å². The number of rotatable bonds is 6. The number of carbonyl (C=O) groups excluding carboxylic acids is 3. The van der Waals surface area contributed by atoms with Crippen LogP contribution in [0.4, 0.5) is 5.69 Å². The Balaban J connectivity index is 1.38. The standard InChI is InChI=1S/C23H25N3O5/c1-30-19-11-13-7-8-17(15(13)12-20(19)31-2)24-21(27)10-9-18-23(29)25-16-6-4-3-5-14(16)22(28)26-18/h3-6,11-12,17-18H,7-10H2,1-2H3,(H,24,27)(H,25,29)(H,26,28)/t17?,18-/m0/s1. The van der Waals surface area contributed by atoms with E-state index in [1.807, 2.05) is 12.1 Å². The van der Waals surface area contributed by atoms with Crippen molar-refractivity contribution in [2.24, 2.45) is 0 Å². The molecule has 0 radical (unpaired) electrons. The number of ether oxygens (including phenoxy) is 2. The number of amides is 3. The maximum Gasteiger partial charge on any atom is 0.254 e. The molecule has 2 aliphatic rings. The molecule has 31 heavy (non-hydrogen) atoms. The van der Waals surface area contributed by atoms with E-state index >= 15 is 0 Å². The van der Waals surface area contributed by atoms with Crippen LogP contribution in [0.5, 0.6) is 11.5 Å². The molecule has 0 aromatic heterocycles. The van der Waals surface area contributed by atoms with Gasteiger partial charge in [0.05, 0.1) is 31.5 Å². The molecule has 0 saturated heterocycles. The molecule has 2 aromatic rings. The van der Waals surface area contributed by atoms with Gasteiger partial charge in [0.1, 0.15) is 6.04 Å². The third-order valence-corrected chi connectivity index (χ3v) is 5.77. The van der Waals surface area contributed by atoms with Gasteiger partial charge in [-0.3, -0.25) is 14.4 Å². The fraction of sp³-hybridized carbons (Fsp3) is 0.348. The number of hydrogen-bond donors (Lipinski definition) is 3. The second-order valence-electron chi connectivity index (χ2n) is 7.66. The van der Waals surface area contributed by atoms with Gasteiger partial charge in [-0.1, -0.05) is 12.1 Å². The molecule has 8 heteroatoms. The average Bonchev–Trinajstić information content (AvgIpc) is 3.11. The van der Waals surface area contributed by atoms with Crippen molar-refractivity contribution in [3.8, 4) is 11.5 Å². The molecule has 8 nitrogen and oxygen atoms in total. The third kappa shape index (κ3) is 4.19. The monoisotopic (exact) mass is 423 g/mol. The Morgan fingerprint density at radius 1 is 1.13 bits per heavy atom. The van der Waals surface area contributed by atoms with E-state index in [0.29, 0.717) is 22.7 Å². The molecule has 3 N–H and O–H groups in total. The highest BCUT2D eigenvalue weighted by Gasteiger charge is 2.29. The van der Waals surface area contributed by atoms with Crippen molar-refractivity contribution in [2.75, 3.05) is 19.5 Å². The van der Waals surface area contributed by atoms with Crippen LogP contribution in [0.15, 0.2) is 36.4 Å². The lowest BCUT2D eigenvalue weighted by Crippen LogP contribution is -2.42. The predicted molar refractivity (Wildman–Crippen MR) is 114 cm³/mol. The molecule has 1 unspecified atom stereocenters. The summed E-state index contributed by atoms with van der Waals surface area (Å²) in [5.74, 6) is 0.472. The molecule has 0 bridgehead atoms. The number of aryl methyl sites for hydroxylation is 1. The molecule has 1 heterocycles. The molecule has 3 amide bonds. The fourth-order valence-corrected chi connectivity index (χ4v) is 4.14. The third-order valence-electron chi connectivity index (χ3n) is 5.77. The molecular formula is C23H25N3O5. The van der Waals surface area contributed by atoms with Crippen LogP contribution in [0.3, 0.4) is 0 Å². The molecule has 0 spiro atoms. The lowest BCUT2D eigenvalue weighted by molar-refractivity contribution is -0.122. The van der Waals surface area contributed by atoms with Gasteiger partial charge in [-0.05, 0) is 54.7 Å². The Bertz CT molecular complexity index is 1040. The zero-order valence-electron chi connectivity index (χ0n) is 17.5. The van der Waals surface area contributed by atoms with Crippen LogP contribution in [0.1, 0.15) is 46.8 Å². The van der Waals surface area contributed by atoms with Crippen LogP contribution < -0.4 is 25.4 Å².